The van der Waals surface area contributed by atoms with Crippen LogP contribution in [0.25, 0.3) is 65.7 Å². The van der Waals surface area contributed by atoms with Crippen LogP contribution in [0.5, 0.6) is 0 Å². The van der Waals surface area contributed by atoms with Crippen LogP contribution in [0.15, 0.2) is 150 Å². The second-order valence-corrected chi connectivity index (χ2v) is 16.1. The Morgan fingerprint density at radius 1 is 0.453 bits per heavy atom. The van der Waals surface area contributed by atoms with Crippen molar-refractivity contribution in [3.05, 3.63) is 173 Å². The highest BCUT2D eigenvalue weighted by molar-refractivity contribution is 6.14. The molecule has 0 saturated carbocycles. The van der Waals surface area contributed by atoms with Crippen LogP contribution in [0.4, 0.5) is 17.1 Å². The van der Waals surface area contributed by atoms with Crippen LogP contribution < -0.4 is 4.90 Å². The maximum atomic E-state index is 6.72. The first-order chi connectivity index (χ1) is 25.7. The van der Waals surface area contributed by atoms with Gasteiger partial charge in [0.05, 0.1) is 11.4 Å². The summed E-state index contributed by atoms with van der Waals surface area (Å²) < 4.78 is 6.72. The van der Waals surface area contributed by atoms with Gasteiger partial charge in [-0.1, -0.05) is 137 Å². The van der Waals surface area contributed by atoms with Gasteiger partial charge in [0.1, 0.15) is 5.58 Å². The van der Waals surface area contributed by atoms with Gasteiger partial charge in [-0.05, 0) is 110 Å². The Bertz CT molecular complexity index is 3030. The molecule has 1 aromatic heterocycles. The van der Waals surface area contributed by atoms with Crippen molar-refractivity contribution >= 4 is 60.5 Å². The van der Waals surface area contributed by atoms with Gasteiger partial charge in [-0.2, -0.15) is 0 Å². The van der Waals surface area contributed by atoms with E-state index in [1.165, 1.54) is 71.6 Å². The maximum Gasteiger partial charge on any atom is 0.159 e. The third kappa shape index (κ3) is 3.99. The van der Waals surface area contributed by atoms with Crippen molar-refractivity contribution in [3.8, 4) is 22.3 Å². The lowest BCUT2D eigenvalue weighted by Gasteiger charge is -2.30. The van der Waals surface area contributed by atoms with E-state index in [0.717, 1.165) is 39.0 Å². The Morgan fingerprint density at radius 3 is 1.92 bits per heavy atom. The van der Waals surface area contributed by atoms with E-state index in [2.05, 4.69) is 185 Å². The molecule has 0 radical (unpaired) electrons. The van der Waals surface area contributed by atoms with Gasteiger partial charge in [0.2, 0.25) is 0 Å². The average Bonchev–Trinajstić information content (AvgIpc) is 3.75. The Kier molecular flexibility index (Phi) is 6.03. The van der Waals surface area contributed by atoms with Crippen LogP contribution in [0.1, 0.15) is 55.5 Å². The van der Waals surface area contributed by atoms with Gasteiger partial charge < -0.3 is 9.32 Å². The molecule has 0 unspecified atom stereocenters. The normalized spacial score (nSPS) is 14.8. The summed E-state index contributed by atoms with van der Waals surface area (Å²) in [5, 5.41) is 7.42. The lowest BCUT2D eigenvalue weighted by Crippen LogP contribution is -2.18. The summed E-state index contributed by atoms with van der Waals surface area (Å²) in [7, 11) is 0. The van der Waals surface area contributed by atoms with E-state index in [4.69, 9.17) is 4.42 Å². The molecule has 8 aromatic carbocycles. The molecule has 9 aromatic rings. The minimum Gasteiger partial charge on any atom is -0.454 e. The quantitative estimate of drug-likeness (QED) is 0.185. The van der Waals surface area contributed by atoms with Crippen LogP contribution in [0.3, 0.4) is 0 Å². The Morgan fingerprint density at radius 2 is 1.09 bits per heavy atom. The summed E-state index contributed by atoms with van der Waals surface area (Å²) in [6.07, 6.45) is 0. The van der Waals surface area contributed by atoms with Gasteiger partial charge >= 0.3 is 0 Å². The van der Waals surface area contributed by atoms with Crippen molar-refractivity contribution in [1.82, 2.24) is 0 Å². The molecule has 2 aliphatic rings. The smallest absolute Gasteiger partial charge is 0.159 e. The number of benzene rings is 8. The molecule has 11 rings (SSSR count). The largest absolute Gasteiger partial charge is 0.454 e. The second-order valence-electron chi connectivity index (χ2n) is 16.1. The van der Waals surface area contributed by atoms with Crippen molar-refractivity contribution in [2.75, 3.05) is 4.90 Å². The summed E-state index contributed by atoms with van der Waals surface area (Å²) in [5.74, 6) is 0. The lowest BCUT2D eigenvalue weighted by atomic mass is 9.78. The predicted octanol–water partition coefficient (Wildman–Crippen LogP) is 14.3. The highest BCUT2D eigenvalue weighted by Gasteiger charge is 2.43. The van der Waals surface area contributed by atoms with Gasteiger partial charge in [0, 0.05) is 32.7 Å². The molecule has 0 saturated heterocycles. The molecule has 0 aliphatic heterocycles. The van der Waals surface area contributed by atoms with Crippen molar-refractivity contribution in [2.24, 2.45) is 0 Å². The number of aryl methyl sites for hydroxylation is 1. The zero-order chi connectivity index (χ0) is 35.8. The fourth-order valence-corrected chi connectivity index (χ4v) is 9.95. The predicted molar refractivity (Wildman–Crippen MR) is 223 cm³/mol. The molecule has 2 aliphatic carbocycles. The highest BCUT2D eigenvalue weighted by atomic mass is 16.3. The first kappa shape index (κ1) is 30.5. The molecule has 2 heteroatoms. The Labute approximate surface area is 309 Å². The first-order valence-corrected chi connectivity index (χ1v) is 18.8. The molecular formula is C51H39NO. The van der Waals surface area contributed by atoms with E-state index in [1.54, 1.807) is 0 Å². The average molecular weight is 682 g/mol. The number of fused-ring (bicyclic) bond motifs is 13. The van der Waals surface area contributed by atoms with Crippen LogP contribution in [0.2, 0.25) is 0 Å². The van der Waals surface area contributed by atoms with E-state index in [1.807, 2.05) is 0 Å². The van der Waals surface area contributed by atoms with Gasteiger partial charge in [-0.15, -0.1) is 0 Å². The summed E-state index contributed by atoms with van der Waals surface area (Å²) in [6.45, 7) is 11.9. The lowest BCUT2D eigenvalue weighted by molar-refractivity contribution is 0.654. The Balaban J connectivity index is 1.19. The topological polar surface area (TPSA) is 16.4 Å². The molecule has 2 nitrogen and oxygen atoms in total. The number of furan rings is 1. The molecule has 0 bridgehead atoms. The Hall–Kier alpha value is -6.12. The molecule has 0 fully saturated rings. The molecular weight excluding hydrogens is 643 g/mol. The second kappa shape index (κ2) is 10.5. The summed E-state index contributed by atoms with van der Waals surface area (Å²) in [4.78, 5) is 2.45. The molecule has 1 heterocycles. The number of hydrogen-bond donors (Lipinski definition) is 0. The third-order valence-corrected chi connectivity index (χ3v) is 12.5. The SMILES string of the molecule is Cc1ccccc1N(c1cc2c(c3ccccc13)-c1cc3c(cc1C2(C)C)-c1ccc2ccccc2c1C3(C)C)c1cccc2c1oc1ccccc12. The fraction of sp³-hybridized carbons (Fsp3) is 0.137. The van der Waals surface area contributed by atoms with Crippen LogP contribution in [-0.2, 0) is 10.8 Å². The molecule has 53 heavy (non-hydrogen) atoms. The minimum atomic E-state index is -0.231. The van der Waals surface area contributed by atoms with Gasteiger partial charge in [-0.3, -0.25) is 0 Å². The van der Waals surface area contributed by atoms with Gasteiger partial charge in [0.15, 0.2) is 5.58 Å². The van der Waals surface area contributed by atoms with Crippen molar-refractivity contribution < 1.29 is 4.42 Å². The van der Waals surface area contributed by atoms with E-state index in [-0.39, 0.29) is 10.8 Å². The maximum absolute atomic E-state index is 6.72. The number of hydrogen-bond acceptors (Lipinski definition) is 2. The molecule has 254 valence electrons. The summed E-state index contributed by atoms with van der Waals surface area (Å²) in [5.41, 5.74) is 17.1. The molecule has 0 N–H and O–H groups in total. The van der Waals surface area contributed by atoms with E-state index >= 15 is 0 Å². The minimum absolute atomic E-state index is 0.129. The third-order valence-electron chi connectivity index (χ3n) is 12.5. The number of para-hydroxylation sites is 3. The number of nitrogens with zero attached hydrogens (tertiary/aromatic N) is 1. The van der Waals surface area contributed by atoms with Crippen LogP contribution in [-0.4, -0.2) is 0 Å². The van der Waals surface area contributed by atoms with E-state index < -0.39 is 0 Å². The van der Waals surface area contributed by atoms with Gasteiger partial charge in [0.25, 0.3) is 0 Å². The van der Waals surface area contributed by atoms with E-state index in [0.29, 0.717) is 0 Å². The van der Waals surface area contributed by atoms with Crippen LogP contribution in [0, 0.1) is 6.92 Å². The van der Waals surface area contributed by atoms with E-state index in [9.17, 15) is 0 Å². The summed E-state index contributed by atoms with van der Waals surface area (Å²) >= 11 is 0. The van der Waals surface area contributed by atoms with Crippen LogP contribution >= 0.6 is 0 Å². The molecule has 0 amide bonds. The number of anilines is 3. The van der Waals surface area contributed by atoms with Crippen molar-refractivity contribution in [3.63, 3.8) is 0 Å². The monoisotopic (exact) mass is 681 g/mol. The number of rotatable bonds is 3. The fourth-order valence-electron chi connectivity index (χ4n) is 9.95. The van der Waals surface area contributed by atoms with Crippen molar-refractivity contribution in [1.29, 1.82) is 0 Å². The highest BCUT2D eigenvalue weighted by Crippen LogP contribution is 2.60. The summed E-state index contributed by atoms with van der Waals surface area (Å²) in [6, 6.07) is 53.8. The van der Waals surface area contributed by atoms with Crippen molar-refractivity contribution in [2.45, 2.75) is 45.4 Å². The zero-order valence-electron chi connectivity index (χ0n) is 30.7. The molecule has 0 atom stereocenters. The first-order valence-electron chi connectivity index (χ1n) is 18.8. The standard InChI is InChI=1S/C51H39NO/c1-30-15-6-12-22-43(30)52(44-23-14-21-37-34-19-11-13-24-46(34)53-49(37)44)45-29-42-47(35-20-10-9-18-33(35)45)39-28-40-38(27-41(39)50(42,2)3)36-26-25-31-16-7-8-17-32(31)48(36)51(40,4)5/h6-29H,1-5H3. The van der Waals surface area contributed by atoms with Gasteiger partial charge in [-0.25, -0.2) is 0 Å². The molecule has 0 spiro atoms. The zero-order valence-corrected chi connectivity index (χ0v) is 30.7.